The normalized spacial score (nSPS) is 15.7. The van der Waals surface area contributed by atoms with Gasteiger partial charge in [0.2, 0.25) is 0 Å². The fourth-order valence-electron chi connectivity index (χ4n) is 2.70. The average molecular weight is 331 g/mol. The minimum Gasteiger partial charge on any atom is -0.299 e. The van der Waals surface area contributed by atoms with Crippen molar-refractivity contribution in [2.24, 2.45) is 10.8 Å². The van der Waals surface area contributed by atoms with Crippen LogP contribution in [-0.4, -0.2) is 11.6 Å². The Labute approximate surface area is 148 Å². The number of allylic oxidation sites excluding steroid dienone is 4. The second-order valence-electron chi connectivity index (χ2n) is 7.23. The van der Waals surface area contributed by atoms with E-state index >= 15 is 0 Å². The van der Waals surface area contributed by atoms with Crippen molar-refractivity contribution in [2.45, 2.75) is 66.2 Å². The number of ketones is 2. The lowest BCUT2D eigenvalue weighted by molar-refractivity contribution is -0.129. The Morgan fingerprint density at radius 3 is 1.29 bits per heavy atom. The molecule has 0 aliphatic rings. The Hall–Kier alpha value is -1.70. The topological polar surface area (TPSA) is 34.1 Å². The SMILES string of the molecule is C=CCCC(=O)C(C)(CCC(C)(C(=C)C)C(=O)CCC=C)C(=C)C. The molecule has 0 spiro atoms. The summed E-state index contributed by atoms with van der Waals surface area (Å²) in [6.07, 6.45) is 6.96. The molecule has 0 radical (unpaired) electrons. The van der Waals surface area contributed by atoms with Crippen LogP contribution in [0.25, 0.3) is 0 Å². The van der Waals surface area contributed by atoms with Crippen LogP contribution >= 0.6 is 0 Å². The molecule has 0 fully saturated rings. The molecule has 2 unspecified atom stereocenters. The highest BCUT2D eigenvalue weighted by Gasteiger charge is 2.39. The predicted octanol–water partition coefficient (Wildman–Crippen LogP) is 6.00. The molecule has 24 heavy (non-hydrogen) atoms. The first-order chi connectivity index (χ1) is 11.1. The minimum atomic E-state index is -0.613. The van der Waals surface area contributed by atoms with E-state index in [9.17, 15) is 9.59 Å². The van der Waals surface area contributed by atoms with Crippen molar-refractivity contribution in [3.8, 4) is 0 Å². The first-order valence-electron chi connectivity index (χ1n) is 8.66. The van der Waals surface area contributed by atoms with Crippen LogP contribution in [0, 0.1) is 10.8 Å². The van der Waals surface area contributed by atoms with Gasteiger partial charge in [-0.15, -0.1) is 13.2 Å². The van der Waals surface area contributed by atoms with Crippen molar-refractivity contribution in [3.63, 3.8) is 0 Å². The molecule has 134 valence electrons. The molecule has 2 heteroatoms. The maximum atomic E-state index is 12.7. The van der Waals surface area contributed by atoms with E-state index in [2.05, 4.69) is 26.3 Å². The van der Waals surface area contributed by atoms with Crippen LogP contribution in [0.5, 0.6) is 0 Å². The molecule has 0 aromatic carbocycles. The van der Waals surface area contributed by atoms with Crippen molar-refractivity contribution in [1.82, 2.24) is 0 Å². The zero-order valence-corrected chi connectivity index (χ0v) is 16.0. The van der Waals surface area contributed by atoms with Crippen molar-refractivity contribution in [1.29, 1.82) is 0 Å². The average Bonchev–Trinajstić information content (AvgIpc) is 2.54. The van der Waals surface area contributed by atoms with Gasteiger partial charge in [-0.3, -0.25) is 9.59 Å². The zero-order chi connectivity index (χ0) is 19.0. The van der Waals surface area contributed by atoms with Crippen molar-refractivity contribution >= 4 is 11.6 Å². The molecule has 0 rings (SSSR count). The fraction of sp³-hybridized carbons (Fsp3) is 0.545. The number of rotatable bonds is 13. The van der Waals surface area contributed by atoms with E-state index in [1.165, 1.54) is 0 Å². The molecular weight excluding hydrogens is 296 g/mol. The Morgan fingerprint density at radius 1 is 0.792 bits per heavy atom. The van der Waals surface area contributed by atoms with Crippen molar-refractivity contribution < 1.29 is 9.59 Å². The van der Waals surface area contributed by atoms with Crippen LogP contribution < -0.4 is 0 Å². The van der Waals surface area contributed by atoms with Gasteiger partial charge in [0.15, 0.2) is 0 Å². The summed E-state index contributed by atoms with van der Waals surface area (Å²) in [6.45, 7) is 23.1. The Balaban J connectivity index is 5.34. The highest BCUT2D eigenvalue weighted by atomic mass is 16.1. The third kappa shape index (κ3) is 5.43. The molecule has 0 bridgehead atoms. The lowest BCUT2D eigenvalue weighted by Gasteiger charge is -2.35. The van der Waals surface area contributed by atoms with Crippen LogP contribution in [0.15, 0.2) is 49.6 Å². The van der Waals surface area contributed by atoms with Gasteiger partial charge in [-0.2, -0.15) is 0 Å². The molecule has 0 aliphatic carbocycles. The molecule has 0 heterocycles. The summed E-state index contributed by atoms with van der Waals surface area (Å²) in [5.41, 5.74) is 0.468. The Morgan fingerprint density at radius 2 is 1.08 bits per heavy atom. The number of hydrogen-bond acceptors (Lipinski definition) is 2. The monoisotopic (exact) mass is 330 g/mol. The summed E-state index contributed by atoms with van der Waals surface area (Å²) in [7, 11) is 0. The third-order valence-corrected chi connectivity index (χ3v) is 5.39. The number of carbonyl (C=O) groups is 2. The van der Waals surface area contributed by atoms with Crippen molar-refractivity contribution in [3.05, 3.63) is 49.6 Å². The molecule has 2 atom stereocenters. The van der Waals surface area contributed by atoms with Gasteiger partial charge in [-0.1, -0.05) is 36.5 Å². The van der Waals surface area contributed by atoms with E-state index in [1.807, 2.05) is 27.7 Å². The lowest BCUT2D eigenvalue weighted by Crippen LogP contribution is -2.34. The number of carbonyl (C=O) groups excluding carboxylic acids is 2. The molecule has 0 amide bonds. The van der Waals surface area contributed by atoms with Gasteiger partial charge >= 0.3 is 0 Å². The maximum Gasteiger partial charge on any atom is 0.143 e. The zero-order valence-electron chi connectivity index (χ0n) is 16.0. The van der Waals surface area contributed by atoms with E-state index in [0.717, 1.165) is 11.1 Å². The summed E-state index contributed by atoms with van der Waals surface area (Å²) in [4.78, 5) is 25.3. The molecule has 0 N–H and O–H groups in total. The lowest BCUT2D eigenvalue weighted by atomic mass is 9.67. The molecule has 2 nitrogen and oxygen atoms in total. The van der Waals surface area contributed by atoms with Crippen LogP contribution in [0.4, 0.5) is 0 Å². The Kier molecular flexibility index (Phi) is 8.88. The van der Waals surface area contributed by atoms with E-state index in [-0.39, 0.29) is 11.6 Å². The number of hydrogen-bond donors (Lipinski definition) is 0. The second kappa shape index (κ2) is 9.56. The van der Waals surface area contributed by atoms with Gasteiger partial charge in [0, 0.05) is 23.7 Å². The molecule has 0 aliphatic heterocycles. The van der Waals surface area contributed by atoms with Gasteiger partial charge in [0.05, 0.1) is 0 Å². The standard InChI is InChI=1S/C22H34O2/c1-9-11-13-19(23)21(7,17(3)4)15-16-22(8,18(5)6)20(24)14-12-10-2/h9-10H,1-3,5,11-16H2,4,6-8H3. The van der Waals surface area contributed by atoms with Gasteiger partial charge in [-0.05, 0) is 53.4 Å². The van der Waals surface area contributed by atoms with Crippen LogP contribution in [0.1, 0.15) is 66.2 Å². The molecular formula is C22H34O2. The van der Waals surface area contributed by atoms with E-state index in [4.69, 9.17) is 0 Å². The fourth-order valence-corrected chi connectivity index (χ4v) is 2.70. The van der Waals surface area contributed by atoms with Crippen LogP contribution in [0.2, 0.25) is 0 Å². The van der Waals surface area contributed by atoms with E-state index in [1.54, 1.807) is 12.2 Å². The smallest absolute Gasteiger partial charge is 0.143 e. The van der Waals surface area contributed by atoms with Crippen LogP contribution in [-0.2, 0) is 9.59 Å². The third-order valence-electron chi connectivity index (χ3n) is 5.39. The molecule has 0 aromatic rings. The minimum absolute atomic E-state index is 0.164. The summed E-state index contributed by atoms with van der Waals surface area (Å²) < 4.78 is 0. The summed E-state index contributed by atoms with van der Waals surface area (Å²) in [6, 6.07) is 0. The van der Waals surface area contributed by atoms with Gasteiger partial charge in [0.1, 0.15) is 11.6 Å². The predicted molar refractivity (Wildman–Crippen MR) is 104 cm³/mol. The molecule has 0 saturated heterocycles. The highest BCUT2D eigenvalue weighted by Crippen LogP contribution is 2.41. The molecule has 0 aromatic heterocycles. The first-order valence-corrected chi connectivity index (χ1v) is 8.66. The summed E-state index contributed by atoms with van der Waals surface area (Å²) in [5.74, 6) is 0.329. The Bertz CT molecular complexity index is 478. The van der Waals surface area contributed by atoms with Crippen molar-refractivity contribution in [2.75, 3.05) is 0 Å². The maximum absolute atomic E-state index is 12.7. The summed E-state index contributed by atoms with van der Waals surface area (Å²) in [5, 5.41) is 0. The first kappa shape index (κ1) is 22.3. The van der Waals surface area contributed by atoms with Gasteiger partial charge < -0.3 is 0 Å². The summed E-state index contributed by atoms with van der Waals surface area (Å²) >= 11 is 0. The van der Waals surface area contributed by atoms with E-state index < -0.39 is 10.8 Å². The quantitative estimate of drug-likeness (QED) is 0.388. The van der Waals surface area contributed by atoms with E-state index in [0.29, 0.717) is 38.5 Å². The highest BCUT2D eigenvalue weighted by molar-refractivity contribution is 5.89. The second-order valence-corrected chi connectivity index (χ2v) is 7.23. The van der Waals surface area contributed by atoms with Crippen LogP contribution in [0.3, 0.4) is 0 Å². The largest absolute Gasteiger partial charge is 0.299 e. The van der Waals surface area contributed by atoms with Gasteiger partial charge in [0.25, 0.3) is 0 Å². The molecule has 0 saturated carbocycles. The van der Waals surface area contributed by atoms with Gasteiger partial charge in [-0.25, -0.2) is 0 Å². The number of Topliss-reactive ketones (excluding diaryl/α,β-unsaturated/α-hetero) is 2.